The van der Waals surface area contributed by atoms with E-state index in [2.05, 4.69) is 13.8 Å². The molecule has 0 spiro atoms. The number of hydrogen-bond donors (Lipinski definition) is 1. The number of unbranched alkanes of at least 4 members (excludes halogenated alkanes) is 24. The van der Waals surface area contributed by atoms with Gasteiger partial charge in [0, 0.05) is 12.8 Å². The number of likely N-dealkylation sites (N-methyl/N-ethyl adjacent to an activating group) is 1. The Balaban J connectivity index is 4.33. The van der Waals surface area contributed by atoms with Crippen LogP contribution in [-0.4, -0.2) is 74.9 Å². The van der Waals surface area contributed by atoms with E-state index < -0.39 is 26.5 Å². The highest BCUT2D eigenvalue weighted by Gasteiger charge is 2.27. The molecule has 0 amide bonds. The number of carbonyl (C=O) groups excluding carboxylic acids is 2. The van der Waals surface area contributed by atoms with Gasteiger partial charge in [-0.15, -0.1) is 0 Å². The summed E-state index contributed by atoms with van der Waals surface area (Å²) in [6.07, 6.45) is 31.4. The average molecular weight is 735 g/mol. The Morgan fingerprint density at radius 3 is 1.28 bits per heavy atom. The van der Waals surface area contributed by atoms with Gasteiger partial charge in [-0.05, 0) is 12.8 Å². The van der Waals surface area contributed by atoms with E-state index in [4.69, 9.17) is 18.5 Å². The molecule has 2 atom stereocenters. The van der Waals surface area contributed by atoms with Crippen molar-refractivity contribution in [2.75, 3.05) is 47.5 Å². The van der Waals surface area contributed by atoms with Crippen LogP contribution in [0.3, 0.4) is 0 Å². The van der Waals surface area contributed by atoms with E-state index in [1.807, 2.05) is 21.1 Å². The number of ether oxygens (including phenoxy) is 2. The minimum absolute atomic E-state index is 0.0365. The summed E-state index contributed by atoms with van der Waals surface area (Å²) in [6.45, 7) is 4.43. The minimum atomic E-state index is -4.36. The average Bonchev–Trinajstić information content (AvgIpc) is 3.06. The van der Waals surface area contributed by atoms with Crippen LogP contribution in [-0.2, 0) is 32.7 Å². The van der Waals surface area contributed by atoms with Crippen molar-refractivity contribution < 1.29 is 42.1 Å². The summed E-state index contributed by atoms with van der Waals surface area (Å²) in [7, 11) is 1.49. The molecule has 0 bridgehead atoms. The molecule has 0 saturated carbocycles. The highest BCUT2D eigenvalue weighted by molar-refractivity contribution is 7.47. The van der Waals surface area contributed by atoms with Gasteiger partial charge in [-0.1, -0.05) is 168 Å². The maximum Gasteiger partial charge on any atom is 0.472 e. The molecule has 50 heavy (non-hydrogen) atoms. The maximum atomic E-state index is 12.6. The Labute approximate surface area is 308 Å². The summed E-state index contributed by atoms with van der Waals surface area (Å²) in [5.41, 5.74) is 0. The number of phosphoric acid groups is 1. The van der Waals surface area contributed by atoms with E-state index >= 15 is 0 Å². The summed E-state index contributed by atoms with van der Waals surface area (Å²) in [5, 5.41) is 0. The fourth-order valence-electron chi connectivity index (χ4n) is 5.84. The maximum absolute atomic E-state index is 12.6. The first kappa shape index (κ1) is 49.0. The van der Waals surface area contributed by atoms with Gasteiger partial charge in [0.2, 0.25) is 0 Å². The summed E-state index contributed by atoms with van der Waals surface area (Å²) >= 11 is 0. The molecule has 0 aliphatic rings. The molecule has 0 aliphatic carbocycles. The fourth-order valence-corrected chi connectivity index (χ4v) is 6.58. The van der Waals surface area contributed by atoms with E-state index in [1.54, 1.807) is 0 Å². The second-order valence-corrected chi connectivity index (χ2v) is 16.8. The van der Waals surface area contributed by atoms with Gasteiger partial charge >= 0.3 is 19.8 Å². The van der Waals surface area contributed by atoms with Crippen molar-refractivity contribution in [3.8, 4) is 0 Å². The zero-order valence-electron chi connectivity index (χ0n) is 33.4. The quantitative estimate of drug-likeness (QED) is 0.0289. The molecule has 298 valence electrons. The molecule has 0 saturated heterocycles. The molecule has 1 N–H and O–H groups in total. The van der Waals surface area contributed by atoms with Crippen molar-refractivity contribution in [2.45, 2.75) is 200 Å². The molecule has 0 radical (unpaired) electrons. The number of quaternary nitrogens is 1. The molecule has 0 aromatic carbocycles. The summed E-state index contributed by atoms with van der Waals surface area (Å²) in [4.78, 5) is 35.2. The molecule has 0 heterocycles. The monoisotopic (exact) mass is 735 g/mol. The molecule has 0 aromatic heterocycles. The van der Waals surface area contributed by atoms with Crippen molar-refractivity contribution in [3.05, 3.63) is 0 Å². The number of phosphoric ester groups is 1. The smallest absolute Gasteiger partial charge is 0.462 e. The molecule has 0 aliphatic heterocycles. The number of esters is 2. The van der Waals surface area contributed by atoms with Crippen molar-refractivity contribution in [1.82, 2.24) is 0 Å². The predicted octanol–water partition coefficient (Wildman–Crippen LogP) is 11.2. The second kappa shape index (κ2) is 33.8. The van der Waals surface area contributed by atoms with Crippen LogP contribution < -0.4 is 0 Å². The number of nitrogens with zero attached hydrogens (tertiary/aromatic N) is 1. The van der Waals surface area contributed by atoms with E-state index in [0.717, 1.165) is 38.5 Å². The van der Waals surface area contributed by atoms with E-state index in [9.17, 15) is 19.0 Å². The first-order chi connectivity index (χ1) is 24.0. The number of rotatable bonds is 38. The lowest BCUT2D eigenvalue weighted by molar-refractivity contribution is -0.870. The fraction of sp³-hybridized carbons (Fsp3) is 0.950. The molecule has 0 aromatic rings. The third kappa shape index (κ3) is 36.8. The van der Waals surface area contributed by atoms with Crippen molar-refractivity contribution in [1.29, 1.82) is 0 Å². The highest BCUT2D eigenvalue weighted by Crippen LogP contribution is 2.43. The Kier molecular flexibility index (Phi) is 33.2. The third-order valence-electron chi connectivity index (χ3n) is 9.14. The van der Waals surface area contributed by atoms with Crippen molar-refractivity contribution >= 4 is 19.8 Å². The summed E-state index contributed by atoms with van der Waals surface area (Å²) in [5.74, 6) is -0.789. The van der Waals surface area contributed by atoms with Crippen LogP contribution in [0.5, 0.6) is 0 Å². The standard InChI is InChI=1S/C40H80NO8P/c1-6-8-10-12-14-16-18-19-20-21-22-23-25-27-29-31-33-40(43)49-38(37-48-50(44,45)47-35-34-41(3,4)5)36-46-39(42)32-30-28-26-24-17-15-13-11-9-7-2/h38H,6-37H2,1-5H3/p+1. The van der Waals surface area contributed by atoms with Crippen LogP contribution in [0.4, 0.5) is 0 Å². The van der Waals surface area contributed by atoms with Gasteiger partial charge in [0.25, 0.3) is 0 Å². The Morgan fingerprint density at radius 2 is 0.900 bits per heavy atom. The van der Waals surface area contributed by atoms with Gasteiger partial charge in [-0.2, -0.15) is 0 Å². The summed E-state index contributed by atoms with van der Waals surface area (Å²) in [6, 6.07) is 0. The van der Waals surface area contributed by atoms with Gasteiger partial charge in [-0.25, -0.2) is 4.57 Å². The normalized spacial score (nSPS) is 13.6. The lowest BCUT2D eigenvalue weighted by Crippen LogP contribution is -2.37. The zero-order chi connectivity index (χ0) is 37.2. The number of carbonyl (C=O) groups is 2. The van der Waals surface area contributed by atoms with Gasteiger partial charge in [0.15, 0.2) is 6.10 Å². The SMILES string of the molecule is CCCCCCCCCCCCCCCCCCC(=O)OC(COC(=O)CCCCCCCCCCCC)COP(=O)(O)OCC[N+](C)(C)C. The van der Waals surface area contributed by atoms with Crippen LogP contribution >= 0.6 is 7.82 Å². The van der Waals surface area contributed by atoms with Gasteiger partial charge in [-0.3, -0.25) is 18.6 Å². The first-order valence-electron chi connectivity index (χ1n) is 20.8. The molecule has 0 fully saturated rings. The van der Waals surface area contributed by atoms with E-state index in [-0.39, 0.29) is 25.6 Å². The lowest BCUT2D eigenvalue weighted by atomic mass is 10.0. The third-order valence-corrected chi connectivity index (χ3v) is 10.1. The zero-order valence-corrected chi connectivity index (χ0v) is 34.3. The molecule has 2 unspecified atom stereocenters. The largest absolute Gasteiger partial charge is 0.472 e. The Bertz CT molecular complexity index is 835. The number of hydrogen-bond acceptors (Lipinski definition) is 7. The summed E-state index contributed by atoms with van der Waals surface area (Å²) < 4.78 is 34.2. The van der Waals surface area contributed by atoms with Gasteiger partial charge in [0.1, 0.15) is 19.8 Å². The van der Waals surface area contributed by atoms with E-state index in [0.29, 0.717) is 17.4 Å². The van der Waals surface area contributed by atoms with Gasteiger partial charge in [0.05, 0.1) is 27.7 Å². The second-order valence-electron chi connectivity index (χ2n) is 15.4. The van der Waals surface area contributed by atoms with Gasteiger partial charge < -0.3 is 18.9 Å². The molecular formula is C40H81NO8P+. The molecular weight excluding hydrogens is 653 g/mol. The topological polar surface area (TPSA) is 108 Å². The first-order valence-corrected chi connectivity index (χ1v) is 22.3. The minimum Gasteiger partial charge on any atom is -0.462 e. The Morgan fingerprint density at radius 1 is 0.540 bits per heavy atom. The van der Waals surface area contributed by atoms with Crippen molar-refractivity contribution in [3.63, 3.8) is 0 Å². The van der Waals surface area contributed by atoms with E-state index in [1.165, 1.54) is 128 Å². The van der Waals surface area contributed by atoms with Crippen LogP contribution in [0.15, 0.2) is 0 Å². The van der Waals surface area contributed by atoms with Crippen LogP contribution in [0, 0.1) is 0 Å². The van der Waals surface area contributed by atoms with Crippen LogP contribution in [0.1, 0.15) is 194 Å². The molecule has 9 nitrogen and oxygen atoms in total. The predicted molar refractivity (Wildman–Crippen MR) is 206 cm³/mol. The highest BCUT2D eigenvalue weighted by atomic mass is 31.2. The van der Waals surface area contributed by atoms with Crippen LogP contribution in [0.2, 0.25) is 0 Å². The molecule has 10 heteroatoms. The lowest BCUT2D eigenvalue weighted by Gasteiger charge is -2.24. The van der Waals surface area contributed by atoms with Crippen molar-refractivity contribution in [2.24, 2.45) is 0 Å². The molecule has 0 rings (SSSR count). The Hall–Kier alpha value is -0.990. The van der Waals surface area contributed by atoms with Crippen LogP contribution in [0.25, 0.3) is 0 Å².